The van der Waals surface area contributed by atoms with Crippen molar-refractivity contribution >= 4 is 46.8 Å². The van der Waals surface area contributed by atoms with Crippen LogP contribution in [0.3, 0.4) is 0 Å². The van der Waals surface area contributed by atoms with E-state index in [-0.39, 0.29) is 18.4 Å². The van der Waals surface area contributed by atoms with Crippen molar-refractivity contribution in [2.24, 2.45) is 0 Å². The highest BCUT2D eigenvalue weighted by atomic mass is 35.5. The molecule has 0 aromatic heterocycles. The van der Waals surface area contributed by atoms with E-state index in [0.717, 1.165) is 17.7 Å². The molecule has 0 saturated carbocycles. The minimum Gasteiger partial charge on any atom is -0.481 e. The Labute approximate surface area is 150 Å². The van der Waals surface area contributed by atoms with Gasteiger partial charge in [0.15, 0.2) is 0 Å². The molecular formula is C16H19Cl2NO3S. The van der Waals surface area contributed by atoms with E-state index in [9.17, 15) is 9.59 Å². The molecule has 1 fully saturated rings. The Morgan fingerprint density at radius 3 is 2.78 bits per heavy atom. The van der Waals surface area contributed by atoms with E-state index < -0.39 is 5.97 Å². The highest BCUT2D eigenvalue weighted by Gasteiger charge is 2.28. The lowest BCUT2D eigenvalue weighted by atomic mass is 10.1. The lowest BCUT2D eigenvalue weighted by molar-refractivity contribution is -0.140. The Bertz CT molecular complexity index is 582. The van der Waals surface area contributed by atoms with Crippen molar-refractivity contribution in [2.75, 3.05) is 18.1 Å². The van der Waals surface area contributed by atoms with Gasteiger partial charge in [-0.2, -0.15) is 11.8 Å². The predicted molar refractivity (Wildman–Crippen MR) is 94.5 cm³/mol. The van der Waals surface area contributed by atoms with Crippen LogP contribution in [-0.4, -0.2) is 46.0 Å². The molecule has 0 aliphatic carbocycles. The molecule has 1 atom stereocenters. The summed E-state index contributed by atoms with van der Waals surface area (Å²) >= 11 is 13.6. The second kappa shape index (κ2) is 8.81. The third kappa shape index (κ3) is 5.59. The maximum absolute atomic E-state index is 12.4. The lowest BCUT2D eigenvalue weighted by Gasteiger charge is -2.34. The number of aryl methyl sites for hydroxylation is 1. The van der Waals surface area contributed by atoms with Crippen molar-refractivity contribution in [1.82, 2.24) is 4.90 Å². The topological polar surface area (TPSA) is 57.6 Å². The van der Waals surface area contributed by atoms with E-state index in [1.807, 2.05) is 12.1 Å². The summed E-state index contributed by atoms with van der Waals surface area (Å²) in [6, 6.07) is 5.29. The SMILES string of the molecule is O=C(O)CC1CSCCN1C(=O)CCCc1ccc(Cl)c(Cl)c1. The quantitative estimate of drug-likeness (QED) is 0.822. The third-order valence-corrected chi connectivity index (χ3v) is 5.63. The number of rotatable bonds is 6. The largest absolute Gasteiger partial charge is 0.481 e. The fourth-order valence-corrected chi connectivity index (χ4v) is 4.02. The van der Waals surface area contributed by atoms with Gasteiger partial charge in [-0.3, -0.25) is 9.59 Å². The smallest absolute Gasteiger partial charge is 0.305 e. The number of thioether (sulfide) groups is 1. The molecule has 1 N–H and O–H groups in total. The Hall–Kier alpha value is -0.910. The van der Waals surface area contributed by atoms with Crippen LogP contribution in [0.4, 0.5) is 0 Å². The van der Waals surface area contributed by atoms with E-state index in [0.29, 0.717) is 35.2 Å². The summed E-state index contributed by atoms with van der Waals surface area (Å²) in [6.07, 6.45) is 1.89. The summed E-state index contributed by atoms with van der Waals surface area (Å²) in [5.74, 6) is 0.752. The summed E-state index contributed by atoms with van der Waals surface area (Å²) in [5.41, 5.74) is 1.04. The summed E-state index contributed by atoms with van der Waals surface area (Å²) in [5, 5.41) is 10.0. The van der Waals surface area contributed by atoms with Crippen molar-refractivity contribution in [2.45, 2.75) is 31.7 Å². The van der Waals surface area contributed by atoms with Crippen LogP contribution in [0.25, 0.3) is 0 Å². The molecule has 7 heteroatoms. The van der Waals surface area contributed by atoms with E-state index in [4.69, 9.17) is 28.3 Å². The number of halogens is 2. The van der Waals surface area contributed by atoms with Crippen LogP contribution in [0.5, 0.6) is 0 Å². The molecular weight excluding hydrogens is 357 g/mol. The first-order chi connectivity index (χ1) is 11.0. The molecule has 1 amide bonds. The monoisotopic (exact) mass is 375 g/mol. The zero-order valence-electron chi connectivity index (χ0n) is 12.6. The van der Waals surface area contributed by atoms with Gasteiger partial charge in [0.05, 0.1) is 22.5 Å². The number of carbonyl (C=O) groups excluding carboxylic acids is 1. The van der Waals surface area contributed by atoms with Crippen LogP contribution in [0.1, 0.15) is 24.8 Å². The first-order valence-corrected chi connectivity index (χ1v) is 9.41. The first-order valence-electron chi connectivity index (χ1n) is 7.50. The fraction of sp³-hybridized carbons (Fsp3) is 0.500. The normalized spacial score (nSPS) is 18.0. The van der Waals surface area contributed by atoms with Crippen molar-refractivity contribution in [1.29, 1.82) is 0 Å². The maximum atomic E-state index is 12.4. The van der Waals surface area contributed by atoms with E-state index in [1.165, 1.54) is 0 Å². The van der Waals surface area contributed by atoms with Crippen LogP contribution < -0.4 is 0 Å². The number of aliphatic carboxylic acids is 1. The number of amides is 1. The van der Waals surface area contributed by atoms with Gasteiger partial charge in [-0.1, -0.05) is 29.3 Å². The molecule has 23 heavy (non-hydrogen) atoms. The van der Waals surface area contributed by atoms with Gasteiger partial charge in [-0.25, -0.2) is 0 Å². The second-order valence-corrected chi connectivity index (χ2v) is 7.48. The van der Waals surface area contributed by atoms with Gasteiger partial charge in [0, 0.05) is 24.5 Å². The van der Waals surface area contributed by atoms with Gasteiger partial charge in [0.25, 0.3) is 0 Å². The summed E-state index contributed by atoms with van der Waals surface area (Å²) in [7, 11) is 0. The first kappa shape index (κ1) is 18.4. The molecule has 1 aliphatic heterocycles. The average Bonchev–Trinajstić information content (AvgIpc) is 2.50. The molecule has 0 bridgehead atoms. The number of hydrogen-bond acceptors (Lipinski definition) is 3. The van der Waals surface area contributed by atoms with E-state index >= 15 is 0 Å². The minimum atomic E-state index is -0.855. The Kier molecular flexibility index (Phi) is 7.06. The Balaban J connectivity index is 1.85. The molecule has 1 aromatic rings. The fourth-order valence-electron chi connectivity index (χ4n) is 2.64. The highest BCUT2D eigenvalue weighted by molar-refractivity contribution is 7.99. The Morgan fingerprint density at radius 2 is 2.09 bits per heavy atom. The number of nitrogens with zero attached hydrogens (tertiary/aromatic N) is 1. The van der Waals surface area contributed by atoms with Gasteiger partial charge in [0.1, 0.15) is 0 Å². The summed E-state index contributed by atoms with van der Waals surface area (Å²) in [6.45, 7) is 0.633. The number of carboxylic acid groups (broad SMARTS) is 1. The number of carbonyl (C=O) groups is 2. The Morgan fingerprint density at radius 1 is 1.30 bits per heavy atom. The van der Waals surface area contributed by atoms with Gasteiger partial charge < -0.3 is 10.0 Å². The van der Waals surface area contributed by atoms with Gasteiger partial charge >= 0.3 is 5.97 Å². The molecule has 0 radical (unpaired) electrons. The van der Waals surface area contributed by atoms with Crippen molar-refractivity contribution in [3.63, 3.8) is 0 Å². The molecule has 126 valence electrons. The molecule has 1 aromatic carbocycles. The van der Waals surface area contributed by atoms with Crippen LogP contribution in [0, 0.1) is 0 Å². The van der Waals surface area contributed by atoms with Crippen LogP contribution >= 0.6 is 35.0 Å². The third-order valence-electron chi connectivity index (χ3n) is 3.80. The maximum Gasteiger partial charge on any atom is 0.305 e. The van der Waals surface area contributed by atoms with E-state index in [1.54, 1.807) is 22.7 Å². The zero-order chi connectivity index (χ0) is 16.8. The molecule has 1 unspecified atom stereocenters. The molecule has 4 nitrogen and oxygen atoms in total. The standard InChI is InChI=1S/C16H19Cl2NO3S/c17-13-5-4-11(8-14(13)18)2-1-3-15(20)19-6-7-23-10-12(19)9-16(21)22/h4-5,8,12H,1-3,6-7,9-10H2,(H,21,22). The molecule has 1 heterocycles. The zero-order valence-corrected chi connectivity index (χ0v) is 15.0. The minimum absolute atomic E-state index is 0.0194. The van der Waals surface area contributed by atoms with Crippen LogP contribution in [0.15, 0.2) is 18.2 Å². The lowest BCUT2D eigenvalue weighted by Crippen LogP contribution is -2.47. The van der Waals surface area contributed by atoms with Crippen molar-refractivity contribution in [3.8, 4) is 0 Å². The van der Waals surface area contributed by atoms with Crippen molar-refractivity contribution < 1.29 is 14.7 Å². The van der Waals surface area contributed by atoms with Gasteiger partial charge in [-0.15, -0.1) is 0 Å². The number of hydrogen-bond donors (Lipinski definition) is 1. The number of benzene rings is 1. The molecule has 1 saturated heterocycles. The van der Waals surface area contributed by atoms with Crippen LogP contribution in [-0.2, 0) is 16.0 Å². The second-order valence-electron chi connectivity index (χ2n) is 5.52. The predicted octanol–water partition coefficient (Wildman–Crippen LogP) is 3.73. The summed E-state index contributed by atoms with van der Waals surface area (Å²) in [4.78, 5) is 25.0. The highest BCUT2D eigenvalue weighted by Crippen LogP contribution is 2.24. The molecule has 1 aliphatic rings. The molecule has 2 rings (SSSR count). The van der Waals surface area contributed by atoms with Gasteiger partial charge in [-0.05, 0) is 30.5 Å². The van der Waals surface area contributed by atoms with Crippen LogP contribution in [0.2, 0.25) is 10.0 Å². The van der Waals surface area contributed by atoms with Crippen molar-refractivity contribution in [3.05, 3.63) is 33.8 Å². The molecule has 0 spiro atoms. The summed E-state index contributed by atoms with van der Waals surface area (Å²) < 4.78 is 0. The number of carboxylic acids is 1. The van der Waals surface area contributed by atoms with Gasteiger partial charge in [0.2, 0.25) is 5.91 Å². The van der Waals surface area contributed by atoms with E-state index in [2.05, 4.69) is 0 Å². The average molecular weight is 376 g/mol.